The van der Waals surface area contributed by atoms with Crippen LogP contribution in [0.5, 0.6) is 5.75 Å². The number of ether oxygens (including phenoxy) is 1. The number of rotatable bonds is 13. The third-order valence-corrected chi connectivity index (χ3v) is 5.83. The number of nitro groups is 2. The Labute approximate surface area is 213 Å². The summed E-state index contributed by atoms with van der Waals surface area (Å²) in [6.45, 7) is 1.91. The van der Waals surface area contributed by atoms with Gasteiger partial charge >= 0.3 is 0 Å². The number of para-hydroxylation sites is 1. The zero-order valence-corrected chi connectivity index (χ0v) is 20.2. The molecule has 0 radical (unpaired) electrons. The summed E-state index contributed by atoms with van der Waals surface area (Å²) in [6.07, 6.45) is -3.09. The molecule has 3 atom stereocenters. The number of hydrogen-bond donors (Lipinski definition) is 3. The molecule has 0 aromatic heterocycles. The monoisotopic (exact) mass is 511 g/mol. The van der Waals surface area contributed by atoms with E-state index < -0.39 is 28.2 Å². The fourth-order valence-corrected chi connectivity index (χ4v) is 3.82. The van der Waals surface area contributed by atoms with Crippen LogP contribution in [0.1, 0.15) is 28.9 Å². The Bertz CT molecular complexity index is 1120. The van der Waals surface area contributed by atoms with Gasteiger partial charge in [-0.25, -0.2) is 0 Å². The van der Waals surface area contributed by atoms with Crippen LogP contribution in [0.15, 0.2) is 72.8 Å². The second kappa shape index (κ2) is 12.9. The van der Waals surface area contributed by atoms with E-state index in [0.717, 1.165) is 5.56 Å². The Kier molecular flexibility index (Phi) is 9.64. The molecule has 37 heavy (non-hydrogen) atoms. The number of aliphatic hydroxyl groups excluding tert-OH is 3. The molecule has 0 unspecified atom stereocenters. The molecule has 0 aliphatic heterocycles. The smallest absolute Gasteiger partial charge is 0.269 e. The van der Waals surface area contributed by atoms with Crippen molar-refractivity contribution in [3.8, 4) is 5.75 Å². The van der Waals surface area contributed by atoms with E-state index in [1.165, 1.54) is 48.5 Å². The van der Waals surface area contributed by atoms with Crippen molar-refractivity contribution in [3.63, 3.8) is 0 Å². The van der Waals surface area contributed by atoms with Crippen molar-refractivity contribution in [2.45, 2.75) is 25.2 Å². The number of non-ortho nitro benzene ring substituents is 2. The average Bonchev–Trinajstić information content (AvgIpc) is 2.88. The number of nitrogens with zero attached hydrogens (tertiary/aromatic N) is 3. The lowest BCUT2D eigenvalue weighted by atomic mass is 10.1. The third kappa shape index (κ3) is 8.05. The maximum atomic E-state index is 10.9. The van der Waals surface area contributed by atoms with Crippen LogP contribution in [0, 0.1) is 27.2 Å². The van der Waals surface area contributed by atoms with E-state index >= 15 is 0 Å². The quantitative estimate of drug-likeness (QED) is 0.231. The van der Waals surface area contributed by atoms with Gasteiger partial charge in [0.2, 0.25) is 0 Å². The molecule has 3 rings (SSSR count). The van der Waals surface area contributed by atoms with Gasteiger partial charge in [0.25, 0.3) is 11.4 Å². The predicted molar refractivity (Wildman–Crippen MR) is 135 cm³/mol. The van der Waals surface area contributed by atoms with Crippen LogP contribution in [0.4, 0.5) is 11.4 Å². The Morgan fingerprint density at radius 2 is 1.22 bits per heavy atom. The Morgan fingerprint density at radius 1 is 0.757 bits per heavy atom. The lowest BCUT2D eigenvalue weighted by Gasteiger charge is -2.29. The molecule has 0 heterocycles. The summed E-state index contributed by atoms with van der Waals surface area (Å²) < 4.78 is 5.72. The van der Waals surface area contributed by atoms with E-state index in [2.05, 4.69) is 0 Å². The fourth-order valence-electron chi connectivity index (χ4n) is 3.82. The first-order chi connectivity index (χ1) is 17.6. The summed E-state index contributed by atoms with van der Waals surface area (Å²) in [5, 5.41) is 54.0. The van der Waals surface area contributed by atoms with Gasteiger partial charge in [0.05, 0.1) is 22.1 Å². The molecule has 3 aromatic carbocycles. The van der Waals surface area contributed by atoms with Gasteiger partial charge in [-0.1, -0.05) is 18.2 Å². The molecular weight excluding hydrogens is 482 g/mol. The molecule has 0 fully saturated rings. The maximum absolute atomic E-state index is 10.9. The van der Waals surface area contributed by atoms with Gasteiger partial charge in [-0.15, -0.1) is 0 Å². The second-order valence-electron chi connectivity index (χ2n) is 8.68. The SMILES string of the molecule is Cc1ccccc1OC[C@H](O)CN(C[C@@H](O)c1ccc([N+](=O)[O-])cc1)C[C@H](O)c1ccc([N+](=O)[O-])cc1. The van der Waals surface area contributed by atoms with Crippen molar-refractivity contribution < 1.29 is 29.9 Å². The van der Waals surface area contributed by atoms with Gasteiger partial charge in [-0.2, -0.15) is 0 Å². The normalized spacial score (nSPS) is 13.6. The predicted octanol–water partition coefficient (Wildman–Crippen LogP) is 3.32. The van der Waals surface area contributed by atoms with E-state index in [1.54, 1.807) is 11.0 Å². The van der Waals surface area contributed by atoms with Gasteiger partial charge in [0.1, 0.15) is 18.5 Å². The molecular formula is C26H29N3O8. The van der Waals surface area contributed by atoms with E-state index in [4.69, 9.17) is 4.74 Å². The first kappa shape index (κ1) is 27.7. The highest BCUT2D eigenvalue weighted by Gasteiger charge is 2.22. The van der Waals surface area contributed by atoms with E-state index in [-0.39, 0.29) is 37.6 Å². The van der Waals surface area contributed by atoms with E-state index in [9.17, 15) is 35.5 Å². The van der Waals surface area contributed by atoms with Crippen molar-refractivity contribution in [3.05, 3.63) is 110 Å². The van der Waals surface area contributed by atoms with Gasteiger partial charge in [-0.05, 0) is 53.9 Å². The molecule has 0 aliphatic rings. The van der Waals surface area contributed by atoms with Crippen LogP contribution in [0.2, 0.25) is 0 Å². The van der Waals surface area contributed by atoms with Gasteiger partial charge in [-0.3, -0.25) is 25.1 Å². The van der Waals surface area contributed by atoms with Crippen LogP contribution in [-0.4, -0.2) is 62.4 Å². The highest BCUT2D eigenvalue weighted by Crippen LogP contribution is 2.23. The lowest BCUT2D eigenvalue weighted by Crippen LogP contribution is -2.40. The third-order valence-electron chi connectivity index (χ3n) is 5.83. The fraction of sp³-hybridized carbons (Fsp3) is 0.308. The number of aryl methyl sites for hydroxylation is 1. The molecule has 0 saturated heterocycles. The Balaban J connectivity index is 1.71. The van der Waals surface area contributed by atoms with Crippen LogP contribution < -0.4 is 4.74 Å². The van der Waals surface area contributed by atoms with Gasteiger partial charge in [0.15, 0.2) is 0 Å². The van der Waals surface area contributed by atoms with Crippen LogP contribution in [0.25, 0.3) is 0 Å². The second-order valence-corrected chi connectivity index (χ2v) is 8.68. The molecule has 0 saturated carbocycles. The largest absolute Gasteiger partial charge is 0.491 e. The molecule has 11 nitrogen and oxygen atoms in total. The van der Waals surface area contributed by atoms with Gasteiger partial charge < -0.3 is 20.1 Å². The first-order valence-corrected chi connectivity index (χ1v) is 11.6. The van der Waals surface area contributed by atoms with Crippen LogP contribution in [-0.2, 0) is 0 Å². The summed E-state index contributed by atoms with van der Waals surface area (Å²) in [5.41, 5.74) is 1.57. The van der Waals surface area contributed by atoms with E-state index in [1.807, 2.05) is 25.1 Å². The van der Waals surface area contributed by atoms with Crippen molar-refractivity contribution in [2.75, 3.05) is 26.2 Å². The van der Waals surface area contributed by atoms with Crippen LogP contribution >= 0.6 is 0 Å². The molecule has 196 valence electrons. The average molecular weight is 512 g/mol. The summed E-state index contributed by atoms with van der Waals surface area (Å²) >= 11 is 0. The molecule has 3 N–H and O–H groups in total. The Morgan fingerprint density at radius 3 is 1.65 bits per heavy atom. The Hall–Kier alpha value is -3.90. The van der Waals surface area contributed by atoms with Crippen molar-refractivity contribution in [2.24, 2.45) is 0 Å². The summed E-state index contributed by atoms with van der Waals surface area (Å²) in [6, 6.07) is 18.3. The molecule has 0 aliphatic carbocycles. The number of benzene rings is 3. The van der Waals surface area contributed by atoms with E-state index in [0.29, 0.717) is 16.9 Å². The summed E-state index contributed by atoms with van der Waals surface area (Å²) in [7, 11) is 0. The molecule has 0 spiro atoms. The topological polar surface area (TPSA) is 159 Å². The number of hydrogen-bond acceptors (Lipinski definition) is 9. The zero-order chi connectivity index (χ0) is 26.9. The first-order valence-electron chi connectivity index (χ1n) is 11.6. The highest BCUT2D eigenvalue weighted by molar-refractivity contribution is 5.35. The van der Waals surface area contributed by atoms with Crippen molar-refractivity contribution in [1.29, 1.82) is 0 Å². The number of nitro benzene ring substituents is 2. The summed E-state index contributed by atoms with van der Waals surface area (Å²) in [5.74, 6) is 0.630. The highest BCUT2D eigenvalue weighted by atomic mass is 16.6. The van der Waals surface area contributed by atoms with Crippen molar-refractivity contribution in [1.82, 2.24) is 4.90 Å². The van der Waals surface area contributed by atoms with Crippen molar-refractivity contribution >= 4 is 11.4 Å². The van der Waals surface area contributed by atoms with Crippen LogP contribution in [0.3, 0.4) is 0 Å². The molecule has 11 heteroatoms. The minimum atomic E-state index is -1.06. The standard InChI is InChI=1S/C26H29N3O8/c1-18-4-2-3-5-26(18)37-17-23(30)14-27(15-24(31)19-6-10-21(11-7-19)28(33)34)16-25(32)20-8-12-22(13-9-20)29(35)36/h2-13,23-25,30-32H,14-17H2,1H3/t23-,24-,25+/m1/s1. The molecule has 0 amide bonds. The molecule has 0 bridgehead atoms. The minimum absolute atomic E-state index is 0.00325. The zero-order valence-electron chi connectivity index (χ0n) is 20.2. The maximum Gasteiger partial charge on any atom is 0.269 e. The number of aliphatic hydroxyl groups is 3. The van der Waals surface area contributed by atoms with Gasteiger partial charge in [0, 0.05) is 43.9 Å². The molecule has 3 aromatic rings. The summed E-state index contributed by atoms with van der Waals surface area (Å²) in [4.78, 5) is 22.4. The lowest BCUT2D eigenvalue weighted by molar-refractivity contribution is -0.385. The minimum Gasteiger partial charge on any atom is -0.491 e.